The molecule has 0 aromatic rings. The summed E-state index contributed by atoms with van der Waals surface area (Å²) in [5.41, 5.74) is 0. The molecule has 1 aliphatic heterocycles. The number of hydrogen-bond donors (Lipinski definition) is 0. The van der Waals surface area contributed by atoms with Crippen LogP contribution in [-0.2, 0) is 13.6 Å². The summed E-state index contributed by atoms with van der Waals surface area (Å²) in [5.74, 6) is 0. The van der Waals surface area contributed by atoms with Crippen molar-refractivity contribution in [3.8, 4) is 0 Å². The molecule has 1 rings (SSSR count). The van der Waals surface area contributed by atoms with Crippen LogP contribution in [0.5, 0.6) is 0 Å². The number of rotatable bonds is 0. The molecule has 0 radical (unpaired) electrons. The number of hydrogen-bond acceptors (Lipinski definition) is 3. The maximum absolute atomic E-state index is 10.2. The minimum atomic E-state index is -1.75. The molecule has 0 aliphatic carbocycles. The van der Waals surface area contributed by atoms with Gasteiger partial charge in [-0.05, 0) is 6.92 Å². The van der Waals surface area contributed by atoms with Gasteiger partial charge in [-0.3, -0.25) is 0 Å². The normalized spacial score (nSPS) is 36.7. The van der Waals surface area contributed by atoms with Gasteiger partial charge < -0.3 is 0 Å². The lowest BCUT2D eigenvalue weighted by Crippen LogP contribution is -1.99. The average Bonchev–Trinajstić information content (AvgIpc) is 1.87. The third-order valence-corrected chi connectivity index (χ3v) is 1.57. The maximum Gasteiger partial charge on any atom is 0.697 e. The van der Waals surface area contributed by atoms with E-state index in [1.165, 1.54) is 0 Å². The van der Waals surface area contributed by atoms with E-state index < -0.39 is 8.25 Å². The van der Waals surface area contributed by atoms with Gasteiger partial charge in [0.15, 0.2) is 0 Å². The van der Waals surface area contributed by atoms with E-state index in [4.69, 9.17) is 0 Å². The van der Waals surface area contributed by atoms with Crippen molar-refractivity contribution in [2.45, 2.75) is 13.0 Å². The molecule has 4 heteroatoms. The van der Waals surface area contributed by atoms with Gasteiger partial charge in [0.1, 0.15) is 12.7 Å². The molecular weight excluding hydrogens is 115 g/mol. The van der Waals surface area contributed by atoms with Crippen LogP contribution in [0.1, 0.15) is 6.92 Å². The van der Waals surface area contributed by atoms with Crippen molar-refractivity contribution in [1.29, 1.82) is 0 Å². The molecule has 0 amide bonds. The Kier molecular flexibility index (Phi) is 1.38. The summed E-state index contributed by atoms with van der Waals surface area (Å²) >= 11 is 0. The van der Waals surface area contributed by atoms with E-state index in [9.17, 15) is 4.57 Å². The van der Waals surface area contributed by atoms with Gasteiger partial charge in [-0.2, -0.15) is 0 Å². The predicted molar refractivity (Wildman–Crippen MR) is 24.1 cm³/mol. The average molecular weight is 121 g/mol. The van der Waals surface area contributed by atoms with Crippen LogP contribution in [0.4, 0.5) is 0 Å². The molecule has 1 saturated heterocycles. The lowest BCUT2D eigenvalue weighted by molar-refractivity contribution is 0.260. The highest BCUT2D eigenvalue weighted by molar-refractivity contribution is 7.33. The molecule has 0 bridgehead atoms. The highest BCUT2D eigenvalue weighted by Crippen LogP contribution is 2.32. The quantitative estimate of drug-likeness (QED) is 0.450. The molecule has 3 nitrogen and oxygen atoms in total. The zero-order valence-corrected chi connectivity index (χ0v) is 4.85. The standard InChI is InChI=1S/C3H6O3P/c1-3-2-5-7(4)6-3/h3H,2H2,1H3/q+1/t3-/m0/s1. The third-order valence-electron chi connectivity index (χ3n) is 0.681. The van der Waals surface area contributed by atoms with Crippen LogP contribution in [-0.4, -0.2) is 12.7 Å². The lowest BCUT2D eigenvalue weighted by Gasteiger charge is -1.80. The molecular formula is C3H6O3P+. The van der Waals surface area contributed by atoms with Crippen LogP contribution in [0.15, 0.2) is 0 Å². The van der Waals surface area contributed by atoms with Gasteiger partial charge in [0.25, 0.3) is 0 Å². The summed E-state index contributed by atoms with van der Waals surface area (Å²) in [4.78, 5) is 0. The summed E-state index contributed by atoms with van der Waals surface area (Å²) < 4.78 is 19.4. The fraction of sp³-hybridized carbons (Fsp3) is 1.00. The van der Waals surface area contributed by atoms with Gasteiger partial charge >= 0.3 is 8.25 Å². The second-order valence-corrected chi connectivity index (χ2v) is 2.35. The van der Waals surface area contributed by atoms with Crippen molar-refractivity contribution < 1.29 is 13.6 Å². The van der Waals surface area contributed by atoms with Gasteiger partial charge in [0.2, 0.25) is 0 Å². The van der Waals surface area contributed by atoms with Crippen molar-refractivity contribution >= 4 is 8.25 Å². The zero-order chi connectivity index (χ0) is 5.28. The minimum absolute atomic E-state index is 0.0172. The van der Waals surface area contributed by atoms with Crippen molar-refractivity contribution in [3.63, 3.8) is 0 Å². The second-order valence-electron chi connectivity index (χ2n) is 1.44. The zero-order valence-electron chi connectivity index (χ0n) is 3.96. The van der Waals surface area contributed by atoms with Gasteiger partial charge in [-0.1, -0.05) is 0 Å². The van der Waals surface area contributed by atoms with Gasteiger partial charge in [0.05, 0.1) is 0 Å². The molecule has 0 aromatic carbocycles. The van der Waals surface area contributed by atoms with Gasteiger partial charge in [0, 0.05) is 4.57 Å². The van der Waals surface area contributed by atoms with Crippen LogP contribution in [0.2, 0.25) is 0 Å². The van der Waals surface area contributed by atoms with E-state index in [-0.39, 0.29) is 6.10 Å². The summed E-state index contributed by atoms with van der Waals surface area (Å²) in [6.07, 6.45) is 0.0172. The van der Waals surface area contributed by atoms with E-state index in [2.05, 4.69) is 9.05 Å². The Morgan fingerprint density at radius 1 is 1.86 bits per heavy atom. The molecule has 7 heavy (non-hydrogen) atoms. The first-order valence-electron chi connectivity index (χ1n) is 2.06. The summed E-state index contributed by atoms with van der Waals surface area (Å²) in [6.45, 7) is 2.29. The Hall–Kier alpha value is 0.0200. The van der Waals surface area contributed by atoms with Crippen LogP contribution in [0.25, 0.3) is 0 Å². The van der Waals surface area contributed by atoms with Crippen LogP contribution >= 0.6 is 8.25 Å². The van der Waals surface area contributed by atoms with Crippen LogP contribution in [0, 0.1) is 0 Å². The van der Waals surface area contributed by atoms with E-state index in [1.807, 2.05) is 6.92 Å². The first-order chi connectivity index (χ1) is 3.29. The van der Waals surface area contributed by atoms with Gasteiger partial charge in [-0.25, -0.2) is 0 Å². The highest BCUT2D eigenvalue weighted by Gasteiger charge is 2.34. The summed E-state index contributed by atoms with van der Waals surface area (Å²) in [6, 6.07) is 0. The second kappa shape index (κ2) is 1.86. The monoisotopic (exact) mass is 121 g/mol. The van der Waals surface area contributed by atoms with Crippen molar-refractivity contribution in [3.05, 3.63) is 0 Å². The van der Waals surface area contributed by atoms with Crippen molar-refractivity contribution in [2.24, 2.45) is 0 Å². The van der Waals surface area contributed by atoms with Gasteiger partial charge in [-0.15, -0.1) is 9.05 Å². The first kappa shape index (κ1) is 5.16. The Labute approximate surface area is 42.6 Å². The maximum atomic E-state index is 10.2. The van der Waals surface area contributed by atoms with E-state index in [0.29, 0.717) is 6.61 Å². The third kappa shape index (κ3) is 1.20. The fourth-order valence-electron chi connectivity index (χ4n) is 0.374. The van der Waals surface area contributed by atoms with E-state index >= 15 is 0 Å². The van der Waals surface area contributed by atoms with Crippen molar-refractivity contribution in [2.75, 3.05) is 6.61 Å². The Balaban J connectivity index is 2.40. The molecule has 0 aromatic heterocycles. The molecule has 40 valence electrons. The van der Waals surface area contributed by atoms with Crippen LogP contribution < -0.4 is 0 Å². The molecule has 2 atom stereocenters. The molecule has 0 spiro atoms. The van der Waals surface area contributed by atoms with Crippen LogP contribution in [0.3, 0.4) is 0 Å². The topological polar surface area (TPSA) is 35.5 Å². The summed E-state index contributed by atoms with van der Waals surface area (Å²) in [5, 5.41) is 0. The molecule has 1 aliphatic rings. The lowest BCUT2D eigenvalue weighted by atomic mass is 10.5. The predicted octanol–water partition coefficient (Wildman–Crippen LogP) is 1.08. The molecule has 1 fully saturated rings. The molecule has 1 heterocycles. The largest absolute Gasteiger partial charge is 0.697 e. The minimum Gasteiger partial charge on any atom is -0.116 e. The SMILES string of the molecule is C[C@H]1CO[P+](=O)O1. The van der Waals surface area contributed by atoms with Crippen molar-refractivity contribution in [1.82, 2.24) is 0 Å². The molecule has 0 saturated carbocycles. The molecule has 0 N–H and O–H groups in total. The Morgan fingerprint density at radius 2 is 2.57 bits per heavy atom. The smallest absolute Gasteiger partial charge is 0.116 e. The Bertz CT molecular complexity index is 92.2. The van der Waals surface area contributed by atoms with E-state index in [0.717, 1.165) is 0 Å². The fourth-order valence-corrected chi connectivity index (χ4v) is 1.12. The molecule has 1 unspecified atom stereocenters. The Morgan fingerprint density at radius 3 is 2.71 bits per heavy atom. The summed E-state index contributed by atoms with van der Waals surface area (Å²) in [7, 11) is -1.75. The highest BCUT2D eigenvalue weighted by atomic mass is 31.1. The van der Waals surface area contributed by atoms with E-state index in [1.54, 1.807) is 0 Å². The first-order valence-corrected chi connectivity index (χ1v) is 3.15.